The van der Waals surface area contributed by atoms with E-state index in [0.29, 0.717) is 36.1 Å². The Kier molecular flexibility index (Phi) is 11.4. The summed E-state index contributed by atoms with van der Waals surface area (Å²) >= 11 is 5.92. The second-order valence-corrected chi connectivity index (χ2v) is 9.07. The lowest BCUT2D eigenvalue weighted by Gasteiger charge is -2.24. The molecule has 0 saturated carbocycles. The van der Waals surface area contributed by atoms with Crippen molar-refractivity contribution in [2.75, 3.05) is 6.61 Å². The number of carbonyl (C=O) groups is 2. The van der Waals surface area contributed by atoms with E-state index in [0.717, 1.165) is 31.2 Å². The number of nitrogens with one attached hydrogen (secondary N) is 1. The van der Waals surface area contributed by atoms with Gasteiger partial charge in [-0.05, 0) is 69.2 Å². The summed E-state index contributed by atoms with van der Waals surface area (Å²) in [6.45, 7) is 8.07. The van der Waals surface area contributed by atoms with Crippen LogP contribution < -0.4 is 14.8 Å². The Hall–Kier alpha value is -2.57. The van der Waals surface area contributed by atoms with Crippen molar-refractivity contribution in [3.8, 4) is 11.5 Å². The molecule has 2 rings (SSSR count). The lowest BCUT2D eigenvalue weighted by molar-refractivity contribution is -0.158. The molecule has 34 heavy (non-hydrogen) atoms. The van der Waals surface area contributed by atoms with Crippen molar-refractivity contribution < 1.29 is 23.8 Å². The van der Waals surface area contributed by atoms with Crippen LogP contribution in [0.4, 0.5) is 0 Å². The molecule has 2 aromatic carbocycles. The van der Waals surface area contributed by atoms with Gasteiger partial charge in [0.2, 0.25) is 0 Å². The summed E-state index contributed by atoms with van der Waals surface area (Å²) in [7, 11) is 0. The molecule has 0 saturated heterocycles. The molecule has 0 aliphatic carbocycles. The van der Waals surface area contributed by atoms with Gasteiger partial charge in [-0.1, -0.05) is 56.3 Å². The molecule has 0 heterocycles. The Morgan fingerprint density at radius 1 is 0.941 bits per heavy atom. The Bertz CT molecular complexity index is 896. The normalized spacial score (nSPS) is 12.1. The number of esters is 2. The summed E-state index contributed by atoms with van der Waals surface area (Å²) in [6, 6.07) is 13.8. The maximum Gasteiger partial charge on any atom is 0.349 e. The van der Waals surface area contributed by atoms with Crippen LogP contribution in [0.25, 0.3) is 0 Å². The lowest BCUT2D eigenvalue weighted by Crippen LogP contribution is -2.39. The van der Waals surface area contributed by atoms with Crippen molar-refractivity contribution in [2.24, 2.45) is 0 Å². The third-order valence-electron chi connectivity index (χ3n) is 5.28. The summed E-state index contributed by atoms with van der Waals surface area (Å²) < 4.78 is 16.4. The SMILES string of the molecule is CCCCCCC(NCc1ccc(OC(C)(C)C(=O)OCC)cc1)C(=O)Oc1ccc(Cl)cc1. The molecule has 0 radical (unpaired) electrons. The van der Waals surface area contributed by atoms with E-state index in [4.69, 9.17) is 25.8 Å². The highest BCUT2D eigenvalue weighted by molar-refractivity contribution is 6.30. The fourth-order valence-corrected chi connectivity index (χ4v) is 3.45. The molecule has 2 aromatic rings. The van der Waals surface area contributed by atoms with E-state index in [2.05, 4.69) is 12.2 Å². The summed E-state index contributed by atoms with van der Waals surface area (Å²) in [6.07, 6.45) is 4.99. The number of halogens is 1. The molecule has 0 aliphatic heterocycles. The van der Waals surface area contributed by atoms with Gasteiger partial charge in [-0.15, -0.1) is 0 Å². The minimum Gasteiger partial charge on any atom is -0.476 e. The second-order valence-electron chi connectivity index (χ2n) is 8.63. The number of ether oxygens (including phenoxy) is 3. The second kappa shape index (κ2) is 14.0. The Balaban J connectivity index is 1.97. The minimum absolute atomic E-state index is 0.302. The topological polar surface area (TPSA) is 73.9 Å². The Morgan fingerprint density at radius 3 is 2.21 bits per heavy atom. The first-order valence-corrected chi connectivity index (χ1v) is 12.3. The largest absolute Gasteiger partial charge is 0.476 e. The van der Waals surface area contributed by atoms with Gasteiger partial charge in [-0.3, -0.25) is 0 Å². The van der Waals surface area contributed by atoms with Gasteiger partial charge in [0.15, 0.2) is 5.60 Å². The van der Waals surface area contributed by atoms with Crippen LogP contribution >= 0.6 is 11.6 Å². The van der Waals surface area contributed by atoms with Crippen molar-refractivity contribution in [3.63, 3.8) is 0 Å². The van der Waals surface area contributed by atoms with Crippen molar-refractivity contribution in [3.05, 3.63) is 59.1 Å². The monoisotopic (exact) mass is 489 g/mol. The smallest absolute Gasteiger partial charge is 0.349 e. The van der Waals surface area contributed by atoms with Gasteiger partial charge in [0, 0.05) is 11.6 Å². The summed E-state index contributed by atoms with van der Waals surface area (Å²) in [5.41, 5.74) is -0.0933. The van der Waals surface area contributed by atoms with Crippen molar-refractivity contribution in [2.45, 2.75) is 78.0 Å². The van der Waals surface area contributed by atoms with Crippen LogP contribution in [-0.4, -0.2) is 30.2 Å². The van der Waals surface area contributed by atoms with E-state index in [-0.39, 0.29) is 5.97 Å². The maximum atomic E-state index is 12.8. The summed E-state index contributed by atoms with van der Waals surface area (Å²) in [5.74, 6) is 0.321. The molecule has 1 N–H and O–H groups in total. The molecule has 1 unspecified atom stereocenters. The van der Waals surface area contributed by atoms with Crippen molar-refractivity contribution in [1.82, 2.24) is 5.32 Å². The Labute approximate surface area is 207 Å². The third kappa shape index (κ3) is 9.35. The highest BCUT2D eigenvalue weighted by Gasteiger charge is 2.31. The molecule has 0 amide bonds. The predicted octanol–water partition coefficient (Wildman–Crippen LogP) is 6.09. The zero-order valence-corrected chi connectivity index (χ0v) is 21.3. The van der Waals surface area contributed by atoms with E-state index >= 15 is 0 Å². The van der Waals surface area contributed by atoms with Gasteiger partial charge in [0.25, 0.3) is 0 Å². The van der Waals surface area contributed by atoms with Gasteiger partial charge < -0.3 is 19.5 Å². The van der Waals surface area contributed by atoms with Crippen molar-refractivity contribution >= 4 is 23.5 Å². The van der Waals surface area contributed by atoms with Crippen LogP contribution in [0.15, 0.2) is 48.5 Å². The van der Waals surface area contributed by atoms with Crippen LogP contribution in [-0.2, 0) is 20.9 Å². The zero-order valence-electron chi connectivity index (χ0n) is 20.6. The van der Waals surface area contributed by atoms with Crippen LogP contribution in [0, 0.1) is 0 Å². The Morgan fingerprint density at radius 2 is 1.59 bits per heavy atom. The quantitative estimate of drug-likeness (QED) is 0.196. The number of rotatable bonds is 14. The molecule has 0 aromatic heterocycles. The highest BCUT2D eigenvalue weighted by atomic mass is 35.5. The van der Waals surface area contributed by atoms with Crippen LogP contribution in [0.3, 0.4) is 0 Å². The number of hydrogen-bond acceptors (Lipinski definition) is 6. The lowest BCUT2D eigenvalue weighted by atomic mass is 10.1. The van der Waals surface area contributed by atoms with Crippen molar-refractivity contribution in [1.29, 1.82) is 0 Å². The fourth-order valence-electron chi connectivity index (χ4n) is 3.33. The molecule has 7 heteroatoms. The average Bonchev–Trinajstić information content (AvgIpc) is 2.81. The number of carbonyl (C=O) groups excluding carboxylic acids is 2. The first-order valence-electron chi connectivity index (χ1n) is 11.9. The van der Waals surface area contributed by atoms with E-state index < -0.39 is 17.6 Å². The van der Waals surface area contributed by atoms with Gasteiger partial charge in [0.05, 0.1) is 6.61 Å². The van der Waals surface area contributed by atoms with Gasteiger partial charge >= 0.3 is 11.9 Å². The van der Waals surface area contributed by atoms with Gasteiger partial charge in [-0.2, -0.15) is 0 Å². The van der Waals surface area contributed by atoms with Gasteiger partial charge in [-0.25, -0.2) is 9.59 Å². The van der Waals surface area contributed by atoms with Crippen LogP contribution in [0.1, 0.15) is 65.4 Å². The third-order valence-corrected chi connectivity index (χ3v) is 5.53. The molecular weight excluding hydrogens is 454 g/mol. The summed E-state index contributed by atoms with van der Waals surface area (Å²) in [5, 5.41) is 3.92. The first-order chi connectivity index (χ1) is 16.2. The molecule has 0 spiro atoms. The fraction of sp³-hybridized carbons (Fsp3) is 0.481. The average molecular weight is 490 g/mol. The van der Waals surface area contributed by atoms with Gasteiger partial charge in [0.1, 0.15) is 17.5 Å². The molecule has 0 fully saturated rings. The molecule has 1 atom stereocenters. The minimum atomic E-state index is -1.08. The van der Waals surface area contributed by atoms with E-state index in [9.17, 15) is 9.59 Å². The predicted molar refractivity (Wildman–Crippen MR) is 134 cm³/mol. The molecule has 0 bridgehead atoms. The number of benzene rings is 2. The molecule has 0 aliphatic rings. The zero-order chi connectivity index (χ0) is 25.0. The number of hydrogen-bond donors (Lipinski definition) is 1. The van der Waals surface area contributed by atoms with Crippen LogP contribution in [0.5, 0.6) is 11.5 Å². The first kappa shape index (κ1) is 27.7. The van der Waals surface area contributed by atoms with Crippen LogP contribution in [0.2, 0.25) is 5.02 Å². The number of unbranched alkanes of at least 4 members (excludes halogenated alkanes) is 3. The summed E-state index contributed by atoms with van der Waals surface area (Å²) in [4.78, 5) is 24.9. The molecule has 186 valence electrons. The maximum absolute atomic E-state index is 12.8. The standard InChI is InChI=1S/C27H36ClNO5/c1-5-7-8-9-10-24(25(30)33-22-17-13-21(28)14-18-22)29-19-20-11-15-23(16-12-20)34-27(3,4)26(31)32-6-2/h11-18,24,29H,5-10,19H2,1-4H3. The molecular formula is C27H36ClNO5. The van der Waals surface area contributed by atoms with E-state index in [1.165, 1.54) is 0 Å². The molecule has 6 nitrogen and oxygen atoms in total. The highest BCUT2D eigenvalue weighted by Crippen LogP contribution is 2.21. The van der Waals surface area contributed by atoms with E-state index in [1.807, 2.05) is 12.1 Å². The van der Waals surface area contributed by atoms with E-state index in [1.54, 1.807) is 57.2 Å².